The number of benzene rings is 1. The van der Waals surface area contributed by atoms with Crippen LogP contribution in [0.5, 0.6) is 0 Å². The van der Waals surface area contributed by atoms with Gasteiger partial charge in [0.05, 0.1) is 0 Å². The molecule has 0 unspecified atom stereocenters. The summed E-state index contributed by atoms with van der Waals surface area (Å²) >= 11 is 0. The highest BCUT2D eigenvalue weighted by atomic mass is 19.1. The van der Waals surface area contributed by atoms with E-state index >= 15 is 0 Å². The Morgan fingerprint density at radius 3 is 2.62 bits per heavy atom. The molecule has 0 bridgehead atoms. The van der Waals surface area contributed by atoms with Crippen LogP contribution in [0.1, 0.15) is 57.6 Å². The van der Waals surface area contributed by atoms with Gasteiger partial charge in [0.15, 0.2) is 0 Å². The first-order valence-corrected chi connectivity index (χ1v) is 8.20. The Balaban J connectivity index is 1.77. The molecule has 0 amide bonds. The zero-order chi connectivity index (χ0) is 15.3. The van der Waals surface area contributed by atoms with E-state index in [9.17, 15) is 4.39 Å². The predicted molar refractivity (Wildman–Crippen MR) is 87.0 cm³/mol. The molecule has 3 heteroatoms. The molecule has 2 rings (SSSR count). The molecule has 0 aromatic heterocycles. The minimum Gasteiger partial charge on any atom is -0.314 e. The Morgan fingerprint density at radius 1 is 1.19 bits per heavy atom. The van der Waals surface area contributed by atoms with Gasteiger partial charge in [-0.25, -0.2) is 4.39 Å². The van der Waals surface area contributed by atoms with Gasteiger partial charge in [0.1, 0.15) is 5.82 Å². The zero-order valence-corrected chi connectivity index (χ0v) is 13.6. The van der Waals surface area contributed by atoms with Crippen LogP contribution in [0.4, 0.5) is 4.39 Å². The summed E-state index contributed by atoms with van der Waals surface area (Å²) < 4.78 is 13.9. The maximum Gasteiger partial charge on any atom is 0.126 e. The van der Waals surface area contributed by atoms with E-state index in [0.29, 0.717) is 0 Å². The van der Waals surface area contributed by atoms with Crippen LogP contribution in [0.2, 0.25) is 0 Å². The van der Waals surface area contributed by atoms with Crippen molar-refractivity contribution in [2.75, 3.05) is 6.54 Å². The molecule has 0 atom stereocenters. The SMILES string of the molecule is CC(C)(C)NCc1ccc(F)c(CCCCNC2CC2)c1. The predicted octanol–water partition coefficient (Wildman–Crippen LogP) is 3.79. The highest BCUT2D eigenvalue weighted by Gasteiger charge is 2.19. The highest BCUT2D eigenvalue weighted by molar-refractivity contribution is 5.25. The summed E-state index contributed by atoms with van der Waals surface area (Å²) in [4.78, 5) is 0. The maximum absolute atomic E-state index is 13.9. The summed E-state index contributed by atoms with van der Waals surface area (Å²) in [5, 5.41) is 6.95. The van der Waals surface area contributed by atoms with Crippen molar-refractivity contribution in [1.82, 2.24) is 10.6 Å². The van der Waals surface area contributed by atoms with E-state index in [4.69, 9.17) is 0 Å². The van der Waals surface area contributed by atoms with Crippen LogP contribution in [0.25, 0.3) is 0 Å². The lowest BCUT2D eigenvalue weighted by molar-refractivity contribution is 0.424. The van der Waals surface area contributed by atoms with Gasteiger partial charge in [-0.15, -0.1) is 0 Å². The molecule has 1 fully saturated rings. The molecular formula is C18H29FN2. The fraction of sp³-hybridized carbons (Fsp3) is 0.667. The van der Waals surface area contributed by atoms with Gasteiger partial charge in [-0.2, -0.15) is 0 Å². The number of aryl methyl sites for hydroxylation is 1. The van der Waals surface area contributed by atoms with Crippen LogP contribution in [0.3, 0.4) is 0 Å². The van der Waals surface area contributed by atoms with Crippen LogP contribution in [-0.4, -0.2) is 18.1 Å². The van der Waals surface area contributed by atoms with Gasteiger partial charge in [-0.3, -0.25) is 0 Å². The minimum atomic E-state index is -0.0651. The summed E-state index contributed by atoms with van der Waals surface area (Å²) in [6, 6.07) is 6.28. The van der Waals surface area contributed by atoms with Crippen LogP contribution in [-0.2, 0) is 13.0 Å². The maximum atomic E-state index is 13.9. The number of unbranched alkanes of at least 4 members (excludes halogenated alkanes) is 1. The van der Waals surface area contributed by atoms with Crippen molar-refractivity contribution in [3.05, 3.63) is 35.1 Å². The topological polar surface area (TPSA) is 24.1 Å². The third-order valence-electron chi connectivity index (χ3n) is 3.82. The van der Waals surface area contributed by atoms with Crippen molar-refractivity contribution >= 4 is 0 Å². The van der Waals surface area contributed by atoms with Gasteiger partial charge < -0.3 is 10.6 Å². The molecule has 1 aromatic rings. The number of rotatable bonds is 8. The Kier molecular flexibility index (Phi) is 5.77. The van der Waals surface area contributed by atoms with Crippen molar-refractivity contribution < 1.29 is 4.39 Å². The van der Waals surface area contributed by atoms with Crippen molar-refractivity contribution in [1.29, 1.82) is 0 Å². The smallest absolute Gasteiger partial charge is 0.126 e. The molecule has 0 radical (unpaired) electrons. The quantitative estimate of drug-likeness (QED) is 0.712. The monoisotopic (exact) mass is 292 g/mol. The molecule has 1 saturated carbocycles. The van der Waals surface area contributed by atoms with E-state index in [-0.39, 0.29) is 11.4 Å². The third-order valence-corrected chi connectivity index (χ3v) is 3.82. The number of halogens is 1. The van der Waals surface area contributed by atoms with E-state index in [1.807, 2.05) is 12.1 Å². The van der Waals surface area contributed by atoms with E-state index in [1.165, 1.54) is 12.8 Å². The first kappa shape index (κ1) is 16.4. The first-order chi connectivity index (χ1) is 9.94. The fourth-order valence-electron chi connectivity index (χ4n) is 2.33. The lowest BCUT2D eigenvalue weighted by Gasteiger charge is -2.20. The van der Waals surface area contributed by atoms with Crippen molar-refractivity contribution in [3.63, 3.8) is 0 Å². The molecule has 1 aromatic carbocycles. The molecule has 2 nitrogen and oxygen atoms in total. The minimum absolute atomic E-state index is 0.0651. The summed E-state index contributed by atoms with van der Waals surface area (Å²) in [6.45, 7) is 8.29. The van der Waals surface area contributed by atoms with Crippen LogP contribution >= 0.6 is 0 Å². The molecule has 0 saturated heterocycles. The molecule has 1 aliphatic carbocycles. The van der Waals surface area contributed by atoms with E-state index in [1.54, 1.807) is 6.07 Å². The average molecular weight is 292 g/mol. The highest BCUT2D eigenvalue weighted by Crippen LogP contribution is 2.19. The second-order valence-electron chi connectivity index (χ2n) is 7.21. The van der Waals surface area contributed by atoms with Gasteiger partial charge in [-0.05, 0) is 76.6 Å². The summed E-state index contributed by atoms with van der Waals surface area (Å²) in [5.74, 6) is -0.0651. The Hall–Kier alpha value is -0.930. The van der Waals surface area contributed by atoms with Gasteiger partial charge >= 0.3 is 0 Å². The van der Waals surface area contributed by atoms with Crippen molar-refractivity contribution in [3.8, 4) is 0 Å². The summed E-state index contributed by atoms with van der Waals surface area (Å²) in [7, 11) is 0. The second-order valence-corrected chi connectivity index (χ2v) is 7.21. The normalized spacial score (nSPS) is 15.4. The van der Waals surface area contributed by atoms with Gasteiger partial charge in [0, 0.05) is 18.1 Å². The molecule has 0 heterocycles. The van der Waals surface area contributed by atoms with Crippen molar-refractivity contribution in [2.24, 2.45) is 0 Å². The summed E-state index contributed by atoms with van der Waals surface area (Å²) in [6.07, 6.45) is 5.67. The molecule has 0 spiro atoms. The van der Waals surface area contributed by atoms with Gasteiger partial charge in [0.2, 0.25) is 0 Å². The standard InChI is InChI=1S/C18H29FN2/c1-18(2,3)21-13-14-7-10-17(19)15(12-14)6-4-5-11-20-16-8-9-16/h7,10,12,16,20-21H,4-6,8-9,11,13H2,1-3H3. The lowest BCUT2D eigenvalue weighted by Crippen LogP contribution is -2.35. The van der Waals surface area contributed by atoms with Crippen LogP contribution in [0.15, 0.2) is 18.2 Å². The number of hydrogen-bond donors (Lipinski definition) is 2. The van der Waals surface area contributed by atoms with E-state index in [2.05, 4.69) is 31.4 Å². The first-order valence-electron chi connectivity index (χ1n) is 8.20. The van der Waals surface area contributed by atoms with Gasteiger partial charge in [0.25, 0.3) is 0 Å². The third kappa shape index (κ3) is 6.58. The number of hydrogen-bond acceptors (Lipinski definition) is 2. The van der Waals surface area contributed by atoms with Crippen molar-refractivity contribution in [2.45, 2.75) is 71.0 Å². The lowest BCUT2D eigenvalue weighted by atomic mass is 10.0. The van der Waals surface area contributed by atoms with E-state index < -0.39 is 0 Å². The summed E-state index contributed by atoms with van der Waals surface area (Å²) in [5.41, 5.74) is 2.11. The molecular weight excluding hydrogens is 263 g/mol. The van der Waals surface area contributed by atoms with Crippen LogP contribution in [0, 0.1) is 5.82 Å². The molecule has 118 valence electrons. The molecule has 0 aliphatic heterocycles. The molecule has 21 heavy (non-hydrogen) atoms. The average Bonchev–Trinajstić information content (AvgIpc) is 3.22. The fourth-order valence-corrected chi connectivity index (χ4v) is 2.33. The Bertz CT molecular complexity index is 447. The molecule has 1 aliphatic rings. The second kappa shape index (κ2) is 7.37. The Labute approximate surface area is 128 Å². The Morgan fingerprint density at radius 2 is 1.95 bits per heavy atom. The number of nitrogens with one attached hydrogen (secondary N) is 2. The van der Waals surface area contributed by atoms with Crippen LogP contribution < -0.4 is 10.6 Å². The zero-order valence-electron chi connectivity index (χ0n) is 13.6. The van der Waals surface area contributed by atoms with Gasteiger partial charge in [-0.1, -0.05) is 12.1 Å². The molecule has 2 N–H and O–H groups in total. The largest absolute Gasteiger partial charge is 0.314 e. The van der Waals surface area contributed by atoms with E-state index in [0.717, 1.165) is 49.5 Å².